The zero-order valence-electron chi connectivity index (χ0n) is 17.9. The first-order chi connectivity index (χ1) is 14.8. The SMILES string of the molecule is CCOc1ccc(Cl)cc1S(=O)(=O)N1CCC(C(=O)Nc2cc(C)ccc2OC)CC1. The maximum Gasteiger partial charge on any atom is 0.246 e. The fourth-order valence-electron chi connectivity index (χ4n) is 3.61. The van der Waals surface area contributed by atoms with E-state index in [1.165, 1.54) is 10.4 Å². The molecule has 1 heterocycles. The Bertz CT molecular complexity index is 1050. The highest BCUT2D eigenvalue weighted by Gasteiger charge is 2.34. The Labute approximate surface area is 188 Å². The molecule has 168 valence electrons. The molecule has 2 aromatic carbocycles. The van der Waals surface area contributed by atoms with Gasteiger partial charge in [-0.3, -0.25) is 4.79 Å². The molecule has 31 heavy (non-hydrogen) atoms. The molecule has 1 aliphatic rings. The van der Waals surface area contributed by atoms with Crippen LogP contribution in [0.2, 0.25) is 5.02 Å². The molecule has 0 aromatic heterocycles. The summed E-state index contributed by atoms with van der Waals surface area (Å²) in [7, 11) is -2.24. The number of piperidine rings is 1. The molecular formula is C22H27ClN2O5S. The van der Waals surface area contributed by atoms with E-state index in [0.29, 0.717) is 35.9 Å². The first-order valence-corrected chi connectivity index (χ1v) is 12.0. The van der Waals surface area contributed by atoms with E-state index < -0.39 is 10.0 Å². The number of carbonyl (C=O) groups is 1. The predicted octanol–water partition coefficient (Wildman–Crippen LogP) is 4.10. The number of hydrogen-bond acceptors (Lipinski definition) is 5. The molecule has 1 fully saturated rings. The van der Waals surface area contributed by atoms with Crippen LogP contribution in [0.5, 0.6) is 11.5 Å². The molecule has 0 saturated carbocycles. The lowest BCUT2D eigenvalue weighted by Gasteiger charge is -2.31. The molecule has 3 rings (SSSR count). The van der Waals surface area contributed by atoms with Crippen LogP contribution >= 0.6 is 11.6 Å². The fourth-order valence-corrected chi connectivity index (χ4v) is 5.47. The highest BCUT2D eigenvalue weighted by molar-refractivity contribution is 7.89. The second-order valence-electron chi connectivity index (χ2n) is 7.40. The number of amides is 1. The van der Waals surface area contributed by atoms with Gasteiger partial charge in [0, 0.05) is 24.0 Å². The van der Waals surface area contributed by atoms with Crippen molar-refractivity contribution in [3.63, 3.8) is 0 Å². The van der Waals surface area contributed by atoms with Crippen molar-refractivity contribution in [2.45, 2.75) is 31.6 Å². The number of methoxy groups -OCH3 is 1. The van der Waals surface area contributed by atoms with E-state index in [2.05, 4.69) is 5.32 Å². The van der Waals surface area contributed by atoms with Crippen molar-refractivity contribution in [3.05, 3.63) is 47.0 Å². The van der Waals surface area contributed by atoms with E-state index in [9.17, 15) is 13.2 Å². The average Bonchev–Trinajstić information content (AvgIpc) is 2.75. The van der Waals surface area contributed by atoms with Crippen molar-refractivity contribution >= 4 is 33.2 Å². The summed E-state index contributed by atoms with van der Waals surface area (Å²) in [5.74, 6) is 0.433. The standard InChI is InChI=1S/C22H27ClN2O5S/c1-4-30-20-8-6-17(23)14-21(20)31(27,28)25-11-9-16(10-12-25)22(26)24-18-13-15(2)5-7-19(18)29-3/h5-8,13-14,16H,4,9-12H2,1-3H3,(H,24,26). The maximum absolute atomic E-state index is 13.2. The van der Waals surface area contributed by atoms with Crippen molar-refractivity contribution < 1.29 is 22.7 Å². The minimum Gasteiger partial charge on any atom is -0.495 e. The van der Waals surface area contributed by atoms with Gasteiger partial charge in [0.1, 0.15) is 16.4 Å². The lowest BCUT2D eigenvalue weighted by atomic mass is 9.97. The minimum atomic E-state index is -3.79. The molecule has 1 N–H and O–H groups in total. The summed E-state index contributed by atoms with van der Waals surface area (Å²) >= 11 is 6.04. The van der Waals surface area contributed by atoms with Crippen LogP contribution in [0.1, 0.15) is 25.3 Å². The molecule has 1 aliphatic heterocycles. The van der Waals surface area contributed by atoms with Gasteiger partial charge in [-0.15, -0.1) is 0 Å². The summed E-state index contributed by atoms with van der Waals surface area (Å²) in [4.78, 5) is 12.8. The average molecular weight is 467 g/mol. The monoisotopic (exact) mass is 466 g/mol. The molecule has 9 heteroatoms. The van der Waals surface area contributed by atoms with Gasteiger partial charge in [-0.2, -0.15) is 4.31 Å². The van der Waals surface area contributed by atoms with Crippen LogP contribution < -0.4 is 14.8 Å². The van der Waals surface area contributed by atoms with Crippen molar-refractivity contribution in [2.24, 2.45) is 5.92 Å². The first kappa shape index (κ1) is 23.4. The largest absolute Gasteiger partial charge is 0.495 e. The van der Waals surface area contributed by atoms with Crippen molar-refractivity contribution in [3.8, 4) is 11.5 Å². The Balaban J connectivity index is 1.70. The highest BCUT2D eigenvalue weighted by Crippen LogP contribution is 2.33. The molecule has 0 spiro atoms. The van der Waals surface area contributed by atoms with Crippen molar-refractivity contribution in [2.75, 3.05) is 32.1 Å². The summed E-state index contributed by atoms with van der Waals surface area (Å²) in [5.41, 5.74) is 1.62. The second-order valence-corrected chi connectivity index (χ2v) is 9.74. The van der Waals surface area contributed by atoms with Crippen LogP contribution in [0.25, 0.3) is 0 Å². The maximum atomic E-state index is 13.2. The van der Waals surface area contributed by atoms with Crippen LogP contribution in [0.15, 0.2) is 41.3 Å². The molecular weight excluding hydrogens is 440 g/mol. The number of aryl methyl sites for hydroxylation is 1. The number of benzene rings is 2. The number of halogens is 1. The van der Waals surface area contributed by atoms with Crippen molar-refractivity contribution in [1.29, 1.82) is 0 Å². The van der Waals surface area contributed by atoms with E-state index in [1.807, 2.05) is 19.1 Å². The summed E-state index contributed by atoms with van der Waals surface area (Å²) in [6.45, 7) is 4.55. The molecule has 1 amide bonds. The molecule has 0 unspecified atom stereocenters. The molecule has 0 atom stereocenters. The van der Waals surface area contributed by atoms with Crippen LogP contribution in [-0.2, 0) is 14.8 Å². The van der Waals surface area contributed by atoms with Gasteiger partial charge >= 0.3 is 0 Å². The Kier molecular flexibility index (Phi) is 7.46. The number of carbonyl (C=O) groups excluding carboxylic acids is 1. The third-order valence-corrected chi connectivity index (χ3v) is 7.42. The van der Waals surface area contributed by atoms with Gasteiger partial charge in [-0.05, 0) is 62.6 Å². The van der Waals surface area contributed by atoms with Gasteiger partial charge in [0.15, 0.2) is 0 Å². The van der Waals surface area contributed by atoms with E-state index >= 15 is 0 Å². The van der Waals surface area contributed by atoms with Crippen LogP contribution in [-0.4, -0.2) is 45.4 Å². The lowest BCUT2D eigenvalue weighted by Crippen LogP contribution is -2.41. The Hall–Kier alpha value is -2.29. The van der Waals surface area contributed by atoms with Gasteiger partial charge in [0.25, 0.3) is 0 Å². The predicted molar refractivity (Wildman–Crippen MR) is 120 cm³/mol. The molecule has 1 saturated heterocycles. The number of nitrogens with zero attached hydrogens (tertiary/aromatic N) is 1. The highest BCUT2D eigenvalue weighted by atomic mass is 35.5. The summed E-state index contributed by atoms with van der Waals surface area (Å²) in [5, 5.41) is 3.24. The van der Waals surface area contributed by atoms with Gasteiger partial charge in [0.2, 0.25) is 15.9 Å². The number of rotatable bonds is 7. The zero-order chi connectivity index (χ0) is 22.6. The third-order valence-electron chi connectivity index (χ3n) is 5.26. The lowest BCUT2D eigenvalue weighted by molar-refractivity contribution is -0.120. The van der Waals surface area contributed by atoms with Crippen LogP contribution in [0.3, 0.4) is 0 Å². The van der Waals surface area contributed by atoms with Gasteiger partial charge < -0.3 is 14.8 Å². The quantitative estimate of drug-likeness (QED) is 0.664. The van der Waals surface area contributed by atoms with E-state index in [1.54, 1.807) is 32.2 Å². The first-order valence-electron chi connectivity index (χ1n) is 10.1. The smallest absolute Gasteiger partial charge is 0.246 e. The molecule has 7 nitrogen and oxygen atoms in total. The fraction of sp³-hybridized carbons (Fsp3) is 0.409. The number of nitrogens with one attached hydrogen (secondary N) is 1. The number of ether oxygens (including phenoxy) is 2. The minimum absolute atomic E-state index is 0.0502. The molecule has 0 aliphatic carbocycles. The topological polar surface area (TPSA) is 84.9 Å². The molecule has 2 aromatic rings. The van der Waals surface area contributed by atoms with Gasteiger partial charge in [-0.25, -0.2) is 8.42 Å². The summed E-state index contributed by atoms with van der Waals surface area (Å²) in [6, 6.07) is 10.1. The van der Waals surface area contributed by atoms with Crippen molar-refractivity contribution in [1.82, 2.24) is 4.31 Å². The Morgan fingerprint density at radius 3 is 2.48 bits per heavy atom. The Morgan fingerprint density at radius 2 is 1.84 bits per heavy atom. The Morgan fingerprint density at radius 1 is 1.16 bits per heavy atom. The van der Waals surface area contributed by atoms with E-state index in [4.69, 9.17) is 21.1 Å². The summed E-state index contributed by atoms with van der Waals surface area (Å²) in [6.07, 6.45) is 0.841. The van der Waals surface area contributed by atoms with Crippen LogP contribution in [0.4, 0.5) is 5.69 Å². The van der Waals surface area contributed by atoms with E-state index in [0.717, 1.165) is 5.56 Å². The van der Waals surface area contributed by atoms with Gasteiger partial charge in [-0.1, -0.05) is 17.7 Å². The zero-order valence-corrected chi connectivity index (χ0v) is 19.4. The number of anilines is 1. The molecule has 0 bridgehead atoms. The third kappa shape index (κ3) is 5.31. The number of sulfonamides is 1. The second kappa shape index (κ2) is 9.89. The van der Waals surface area contributed by atoms with Gasteiger partial charge in [0.05, 0.1) is 19.4 Å². The normalized spacial score (nSPS) is 15.5. The van der Waals surface area contributed by atoms with Crippen LogP contribution in [0, 0.1) is 12.8 Å². The number of hydrogen-bond donors (Lipinski definition) is 1. The summed E-state index contributed by atoms with van der Waals surface area (Å²) < 4.78 is 38.6. The molecule has 0 radical (unpaired) electrons. The van der Waals surface area contributed by atoms with E-state index in [-0.39, 0.29) is 35.6 Å².